The predicted molar refractivity (Wildman–Crippen MR) is 68.3 cm³/mol. The van der Waals surface area contributed by atoms with E-state index in [1.54, 1.807) is 0 Å². The summed E-state index contributed by atoms with van der Waals surface area (Å²) in [6.45, 7) is 1.88. The second kappa shape index (κ2) is 5.87. The van der Waals surface area contributed by atoms with Crippen molar-refractivity contribution in [1.82, 2.24) is 15.0 Å². The van der Waals surface area contributed by atoms with Crippen LogP contribution in [0.15, 0.2) is 0 Å². The third-order valence-electron chi connectivity index (χ3n) is 2.42. The summed E-state index contributed by atoms with van der Waals surface area (Å²) in [6.07, 6.45) is 1.13. The van der Waals surface area contributed by atoms with Crippen molar-refractivity contribution in [2.45, 2.75) is 6.42 Å². The van der Waals surface area contributed by atoms with E-state index in [1.165, 1.54) is 12.9 Å². The van der Waals surface area contributed by atoms with Crippen molar-refractivity contribution in [1.29, 1.82) is 0 Å². The lowest BCUT2D eigenvalue weighted by Gasteiger charge is -2.20. The van der Waals surface area contributed by atoms with Gasteiger partial charge >= 0.3 is 6.01 Å². The Hall–Kier alpha value is -1.28. The number of anilines is 2. The molecule has 8 heteroatoms. The molecule has 3 N–H and O–H groups in total. The molecule has 0 aromatic carbocycles. The standard InChI is InChI=1S/C9H16N6OS/c1-16-9-12-7(14-10)11-8(13-9)15-3-2-5-17-6-4-15/h2-6,10H2,1H3,(H,11,12,13,14). The summed E-state index contributed by atoms with van der Waals surface area (Å²) in [5.74, 6) is 8.53. The summed E-state index contributed by atoms with van der Waals surface area (Å²) in [6, 6.07) is 0.278. The number of methoxy groups -OCH3 is 1. The van der Waals surface area contributed by atoms with Crippen LogP contribution in [0.25, 0.3) is 0 Å². The maximum atomic E-state index is 5.32. The van der Waals surface area contributed by atoms with Gasteiger partial charge in [-0.25, -0.2) is 5.84 Å². The van der Waals surface area contributed by atoms with Crippen LogP contribution in [-0.2, 0) is 0 Å². The monoisotopic (exact) mass is 256 g/mol. The van der Waals surface area contributed by atoms with E-state index < -0.39 is 0 Å². The first kappa shape index (κ1) is 12.2. The first-order valence-electron chi connectivity index (χ1n) is 5.43. The maximum Gasteiger partial charge on any atom is 0.322 e. The smallest absolute Gasteiger partial charge is 0.322 e. The van der Waals surface area contributed by atoms with Gasteiger partial charge in [0.2, 0.25) is 11.9 Å². The van der Waals surface area contributed by atoms with Gasteiger partial charge in [0.1, 0.15) is 0 Å². The van der Waals surface area contributed by atoms with Crippen LogP contribution in [0.5, 0.6) is 6.01 Å². The van der Waals surface area contributed by atoms with Gasteiger partial charge in [0.05, 0.1) is 7.11 Å². The summed E-state index contributed by atoms with van der Waals surface area (Å²) in [5, 5.41) is 0. The molecule has 0 radical (unpaired) electrons. The molecule has 2 rings (SSSR count). The van der Waals surface area contributed by atoms with E-state index in [4.69, 9.17) is 10.6 Å². The molecular weight excluding hydrogens is 240 g/mol. The summed E-state index contributed by atoms with van der Waals surface area (Å²) in [5.41, 5.74) is 2.42. The molecule has 17 heavy (non-hydrogen) atoms. The number of nitrogens with two attached hydrogens (primary N) is 1. The summed E-state index contributed by atoms with van der Waals surface area (Å²) in [7, 11) is 1.53. The van der Waals surface area contributed by atoms with E-state index in [2.05, 4.69) is 25.3 Å². The van der Waals surface area contributed by atoms with Crippen molar-refractivity contribution in [3.63, 3.8) is 0 Å². The van der Waals surface area contributed by atoms with Gasteiger partial charge in [0.15, 0.2) is 0 Å². The van der Waals surface area contributed by atoms with Gasteiger partial charge in [-0.3, -0.25) is 5.43 Å². The fourth-order valence-corrected chi connectivity index (χ4v) is 2.48. The Morgan fingerprint density at radius 3 is 2.94 bits per heavy atom. The van der Waals surface area contributed by atoms with Gasteiger partial charge in [0, 0.05) is 18.8 Å². The van der Waals surface area contributed by atoms with Crippen LogP contribution in [0.2, 0.25) is 0 Å². The van der Waals surface area contributed by atoms with E-state index in [0.29, 0.717) is 11.9 Å². The van der Waals surface area contributed by atoms with Crippen LogP contribution >= 0.6 is 11.8 Å². The van der Waals surface area contributed by atoms with Gasteiger partial charge < -0.3 is 9.64 Å². The average Bonchev–Trinajstić information content (AvgIpc) is 2.67. The van der Waals surface area contributed by atoms with Crippen molar-refractivity contribution in [2.24, 2.45) is 5.84 Å². The Balaban J connectivity index is 2.22. The Morgan fingerprint density at radius 1 is 1.29 bits per heavy atom. The van der Waals surface area contributed by atoms with E-state index in [0.717, 1.165) is 25.3 Å². The molecule has 7 nitrogen and oxygen atoms in total. The zero-order valence-corrected chi connectivity index (χ0v) is 10.5. The minimum absolute atomic E-state index is 0.278. The SMILES string of the molecule is COc1nc(NN)nc(N2CCCSCC2)n1. The van der Waals surface area contributed by atoms with E-state index in [9.17, 15) is 0 Å². The van der Waals surface area contributed by atoms with Crippen molar-refractivity contribution in [3.05, 3.63) is 0 Å². The van der Waals surface area contributed by atoms with Crippen molar-refractivity contribution >= 4 is 23.7 Å². The molecule has 1 aromatic rings. The van der Waals surface area contributed by atoms with Crippen molar-refractivity contribution < 1.29 is 4.74 Å². The number of nitrogen functional groups attached to an aromatic ring is 1. The maximum absolute atomic E-state index is 5.32. The van der Waals surface area contributed by atoms with E-state index >= 15 is 0 Å². The molecule has 94 valence electrons. The van der Waals surface area contributed by atoms with Gasteiger partial charge in [-0.15, -0.1) is 0 Å². The Bertz CT molecular complexity index is 346. The molecule has 1 saturated heterocycles. The minimum Gasteiger partial charge on any atom is -0.467 e. The molecule has 1 aromatic heterocycles. The largest absolute Gasteiger partial charge is 0.467 e. The first-order chi connectivity index (χ1) is 8.33. The molecule has 0 saturated carbocycles. The molecule has 1 fully saturated rings. The number of nitrogens with one attached hydrogen (secondary N) is 1. The topological polar surface area (TPSA) is 89.2 Å². The lowest BCUT2D eigenvalue weighted by atomic mass is 10.4. The third kappa shape index (κ3) is 3.10. The van der Waals surface area contributed by atoms with Crippen molar-refractivity contribution in [3.8, 4) is 6.01 Å². The highest BCUT2D eigenvalue weighted by atomic mass is 32.2. The van der Waals surface area contributed by atoms with Crippen LogP contribution in [0, 0.1) is 0 Å². The molecule has 1 aliphatic rings. The molecule has 0 unspecified atom stereocenters. The second-order valence-corrected chi connectivity index (χ2v) is 4.77. The quantitative estimate of drug-likeness (QED) is 0.582. The molecule has 0 spiro atoms. The number of hydrazine groups is 1. The normalized spacial score (nSPS) is 16.5. The zero-order valence-electron chi connectivity index (χ0n) is 9.72. The highest BCUT2D eigenvalue weighted by Gasteiger charge is 2.15. The Kier molecular flexibility index (Phi) is 4.21. The van der Waals surface area contributed by atoms with Crippen LogP contribution in [-0.4, -0.2) is 46.7 Å². The number of nitrogens with zero attached hydrogens (tertiary/aromatic N) is 4. The zero-order chi connectivity index (χ0) is 12.1. The lowest BCUT2D eigenvalue weighted by molar-refractivity contribution is 0.378. The second-order valence-electron chi connectivity index (χ2n) is 3.54. The van der Waals surface area contributed by atoms with Gasteiger partial charge in [-0.2, -0.15) is 26.7 Å². The predicted octanol–water partition coefficient (Wildman–Crippen LogP) is 0.109. The van der Waals surface area contributed by atoms with Crippen LogP contribution in [0.3, 0.4) is 0 Å². The molecule has 0 aliphatic carbocycles. The van der Waals surface area contributed by atoms with Gasteiger partial charge in [-0.1, -0.05) is 0 Å². The number of ether oxygens (including phenoxy) is 1. The summed E-state index contributed by atoms with van der Waals surface area (Å²) < 4.78 is 5.03. The highest BCUT2D eigenvalue weighted by Crippen LogP contribution is 2.18. The molecule has 2 heterocycles. The van der Waals surface area contributed by atoms with E-state index in [-0.39, 0.29) is 6.01 Å². The van der Waals surface area contributed by atoms with Crippen molar-refractivity contribution in [2.75, 3.05) is 42.0 Å². The van der Waals surface area contributed by atoms with Gasteiger partial charge in [0.25, 0.3) is 0 Å². The summed E-state index contributed by atoms with van der Waals surface area (Å²) >= 11 is 1.95. The number of hydrogen-bond donors (Lipinski definition) is 2. The molecule has 1 aliphatic heterocycles. The molecule has 0 atom stereocenters. The Morgan fingerprint density at radius 2 is 2.18 bits per heavy atom. The lowest BCUT2D eigenvalue weighted by Crippen LogP contribution is -2.28. The molecule has 0 bridgehead atoms. The number of rotatable bonds is 3. The van der Waals surface area contributed by atoms with Crippen LogP contribution in [0.1, 0.15) is 6.42 Å². The number of aromatic nitrogens is 3. The molecular formula is C9H16N6OS. The Labute approximate surface area is 104 Å². The highest BCUT2D eigenvalue weighted by molar-refractivity contribution is 7.99. The van der Waals surface area contributed by atoms with Gasteiger partial charge in [-0.05, 0) is 12.2 Å². The number of hydrogen-bond acceptors (Lipinski definition) is 8. The fraction of sp³-hybridized carbons (Fsp3) is 0.667. The van der Waals surface area contributed by atoms with Crippen LogP contribution in [0.4, 0.5) is 11.9 Å². The average molecular weight is 256 g/mol. The minimum atomic E-state index is 0.278. The first-order valence-corrected chi connectivity index (χ1v) is 6.58. The molecule has 0 amide bonds. The summed E-state index contributed by atoms with van der Waals surface area (Å²) in [4.78, 5) is 14.6. The fourth-order valence-electron chi connectivity index (χ4n) is 1.59. The van der Waals surface area contributed by atoms with Crippen LogP contribution < -0.4 is 20.9 Å². The third-order valence-corrected chi connectivity index (χ3v) is 3.47. The number of thioether (sulfide) groups is 1. The van der Waals surface area contributed by atoms with E-state index in [1.807, 2.05) is 11.8 Å².